The number of rotatable bonds is 9. The zero-order valence-corrected chi connectivity index (χ0v) is 18.8. The first kappa shape index (κ1) is 23.1. The van der Waals surface area contributed by atoms with E-state index in [0.29, 0.717) is 52.3 Å². The van der Waals surface area contributed by atoms with Gasteiger partial charge in [-0.15, -0.1) is 0 Å². The van der Waals surface area contributed by atoms with Gasteiger partial charge in [-0.05, 0) is 56.6 Å². The largest absolute Gasteiger partial charge is 0.493 e. The van der Waals surface area contributed by atoms with E-state index >= 15 is 0 Å². The van der Waals surface area contributed by atoms with Gasteiger partial charge in [0.1, 0.15) is 5.75 Å². The van der Waals surface area contributed by atoms with Crippen LogP contribution in [-0.2, 0) is 6.54 Å². The summed E-state index contributed by atoms with van der Waals surface area (Å²) in [5.41, 5.74) is 8.53. The number of benzene rings is 2. The summed E-state index contributed by atoms with van der Waals surface area (Å²) in [5, 5.41) is 5.37. The van der Waals surface area contributed by atoms with E-state index in [1.54, 1.807) is 35.0 Å². The molecule has 1 amide bonds. The van der Waals surface area contributed by atoms with Crippen molar-refractivity contribution in [2.75, 3.05) is 27.4 Å². The lowest BCUT2D eigenvalue weighted by molar-refractivity contribution is 0.0993. The van der Waals surface area contributed by atoms with E-state index in [1.807, 2.05) is 31.1 Å². The average Bonchev–Trinajstić information content (AvgIpc) is 3.07. The van der Waals surface area contributed by atoms with Crippen LogP contribution in [0.4, 0.5) is 4.39 Å². The van der Waals surface area contributed by atoms with Crippen molar-refractivity contribution in [2.45, 2.75) is 13.0 Å². The van der Waals surface area contributed by atoms with Crippen molar-refractivity contribution in [3.05, 3.63) is 63.8 Å². The molecule has 6 nitrogen and oxygen atoms in total. The van der Waals surface area contributed by atoms with Crippen LogP contribution in [0.2, 0.25) is 10.0 Å². The number of primary amides is 1. The first-order valence-corrected chi connectivity index (χ1v) is 10.4. The van der Waals surface area contributed by atoms with Crippen LogP contribution in [0.3, 0.4) is 0 Å². The Hall–Kier alpha value is -2.61. The fourth-order valence-corrected chi connectivity index (χ4v) is 3.68. The maximum atomic E-state index is 12.3. The molecular weight excluding hydrogens is 442 g/mol. The zero-order chi connectivity index (χ0) is 22.5. The van der Waals surface area contributed by atoms with Gasteiger partial charge < -0.3 is 15.4 Å². The summed E-state index contributed by atoms with van der Waals surface area (Å²) in [4.78, 5) is 14.1. The van der Waals surface area contributed by atoms with Crippen LogP contribution >= 0.6 is 23.2 Å². The van der Waals surface area contributed by atoms with Gasteiger partial charge in [-0.25, -0.2) is 4.68 Å². The van der Waals surface area contributed by atoms with Gasteiger partial charge in [0.05, 0.1) is 29.7 Å². The quantitative estimate of drug-likeness (QED) is 0.463. The van der Waals surface area contributed by atoms with Gasteiger partial charge in [-0.3, -0.25) is 9.18 Å². The Morgan fingerprint density at radius 2 is 1.90 bits per heavy atom. The first-order chi connectivity index (χ1) is 14.8. The predicted octanol–water partition coefficient (Wildman–Crippen LogP) is 4.75. The third-order valence-corrected chi connectivity index (χ3v) is 5.04. The van der Waals surface area contributed by atoms with Crippen molar-refractivity contribution in [1.82, 2.24) is 14.7 Å². The molecule has 1 aromatic heterocycles. The normalized spacial score (nSPS) is 11.2. The Kier molecular flexibility index (Phi) is 7.54. The Labute approximate surface area is 190 Å². The number of halogens is 3. The molecule has 31 heavy (non-hydrogen) atoms. The van der Waals surface area contributed by atoms with Gasteiger partial charge in [-0.2, -0.15) is 5.10 Å². The van der Waals surface area contributed by atoms with Crippen LogP contribution in [0.15, 0.2) is 42.5 Å². The van der Waals surface area contributed by atoms with Gasteiger partial charge in [0.2, 0.25) is 0 Å². The minimum atomic E-state index is -0.631. The van der Waals surface area contributed by atoms with E-state index in [4.69, 9.17) is 33.7 Å². The van der Waals surface area contributed by atoms with Crippen molar-refractivity contribution in [3.8, 4) is 22.7 Å². The van der Waals surface area contributed by atoms with Gasteiger partial charge in [-0.1, -0.05) is 23.2 Å². The van der Waals surface area contributed by atoms with Crippen LogP contribution < -0.4 is 10.5 Å². The number of hydrogen-bond donors (Lipinski definition) is 1. The summed E-state index contributed by atoms with van der Waals surface area (Å²) >= 11 is 12.5. The van der Waals surface area contributed by atoms with Crippen molar-refractivity contribution >= 4 is 29.1 Å². The fraction of sp³-hybridized carbons (Fsp3) is 0.273. The van der Waals surface area contributed by atoms with E-state index in [0.717, 1.165) is 5.56 Å². The highest BCUT2D eigenvalue weighted by molar-refractivity contribution is 6.35. The van der Waals surface area contributed by atoms with Crippen molar-refractivity contribution < 1.29 is 13.9 Å². The standard InChI is InChI=1S/C22H23Cl2FN4O2/c1-28(2)13-17-20(22(26)30)27-29(19-9-6-15(23)12-18(19)24)21(17)14-4-7-16(8-5-14)31-11-3-10-25/h4-9,12H,3,10-11,13H2,1-2H3,(H2,26,30). The Bertz CT molecular complexity index is 1070. The van der Waals surface area contributed by atoms with Crippen molar-refractivity contribution in [1.29, 1.82) is 0 Å². The molecule has 2 N–H and O–H groups in total. The Morgan fingerprint density at radius 1 is 1.19 bits per heavy atom. The number of carbonyl (C=O) groups is 1. The van der Waals surface area contributed by atoms with E-state index in [2.05, 4.69) is 5.10 Å². The van der Waals surface area contributed by atoms with Crippen LogP contribution in [-0.4, -0.2) is 48.0 Å². The third kappa shape index (κ3) is 5.36. The highest BCUT2D eigenvalue weighted by Gasteiger charge is 2.25. The van der Waals surface area contributed by atoms with Crippen LogP contribution in [0.25, 0.3) is 16.9 Å². The second-order valence-electron chi connectivity index (χ2n) is 7.20. The maximum absolute atomic E-state index is 12.3. The molecule has 0 aliphatic carbocycles. The molecule has 0 radical (unpaired) electrons. The number of amides is 1. The molecule has 2 aromatic carbocycles. The lowest BCUT2D eigenvalue weighted by atomic mass is 10.0. The monoisotopic (exact) mass is 464 g/mol. The van der Waals surface area contributed by atoms with Gasteiger partial charge >= 0.3 is 0 Å². The van der Waals surface area contributed by atoms with Crippen LogP contribution in [0, 0.1) is 0 Å². The number of nitrogens with two attached hydrogens (primary N) is 1. The molecule has 0 spiro atoms. The maximum Gasteiger partial charge on any atom is 0.269 e. The zero-order valence-electron chi connectivity index (χ0n) is 17.2. The molecule has 0 saturated heterocycles. The Morgan fingerprint density at radius 3 is 2.48 bits per heavy atom. The summed E-state index contributed by atoms with van der Waals surface area (Å²) in [6.07, 6.45) is 0.332. The van der Waals surface area contributed by atoms with E-state index < -0.39 is 12.6 Å². The molecule has 1 heterocycles. The van der Waals surface area contributed by atoms with E-state index in [-0.39, 0.29) is 5.69 Å². The number of ether oxygens (including phenoxy) is 1. The number of carbonyl (C=O) groups excluding carboxylic acids is 1. The predicted molar refractivity (Wildman–Crippen MR) is 121 cm³/mol. The van der Waals surface area contributed by atoms with Gasteiger partial charge in [0.15, 0.2) is 5.69 Å². The van der Waals surface area contributed by atoms with Crippen molar-refractivity contribution in [3.63, 3.8) is 0 Å². The molecule has 3 rings (SSSR count). The molecule has 0 atom stereocenters. The highest BCUT2D eigenvalue weighted by atomic mass is 35.5. The molecule has 0 bridgehead atoms. The molecule has 0 saturated carbocycles. The molecule has 0 aliphatic rings. The number of hydrogen-bond acceptors (Lipinski definition) is 4. The summed E-state index contributed by atoms with van der Waals surface area (Å²) in [5.74, 6) is -0.00909. The molecule has 164 valence electrons. The van der Waals surface area contributed by atoms with Gasteiger partial charge in [0, 0.05) is 29.1 Å². The number of aromatic nitrogens is 2. The minimum absolute atomic E-state index is 0.165. The molecule has 9 heteroatoms. The summed E-state index contributed by atoms with van der Waals surface area (Å²) < 4.78 is 19.5. The molecule has 0 aliphatic heterocycles. The summed E-state index contributed by atoms with van der Waals surface area (Å²) in [7, 11) is 3.78. The average molecular weight is 465 g/mol. The minimum Gasteiger partial charge on any atom is -0.493 e. The molecule has 0 unspecified atom stereocenters. The van der Waals surface area contributed by atoms with E-state index in [1.165, 1.54) is 0 Å². The highest BCUT2D eigenvalue weighted by Crippen LogP contribution is 2.34. The second kappa shape index (κ2) is 10.1. The lowest BCUT2D eigenvalue weighted by Gasteiger charge is -2.15. The van der Waals surface area contributed by atoms with Gasteiger partial charge in [0.25, 0.3) is 5.91 Å². The SMILES string of the molecule is CN(C)Cc1c(C(N)=O)nn(-c2ccc(Cl)cc2Cl)c1-c1ccc(OCCCF)cc1. The first-order valence-electron chi connectivity index (χ1n) is 9.63. The van der Waals surface area contributed by atoms with Crippen LogP contribution in [0.1, 0.15) is 22.5 Å². The van der Waals surface area contributed by atoms with Crippen molar-refractivity contribution in [2.24, 2.45) is 5.73 Å². The summed E-state index contributed by atoms with van der Waals surface area (Å²) in [6.45, 7) is 0.308. The number of nitrogens with zero attached hydrogens (tertiary/aromatic N) is 3. The molecular formula is C22H23Cl2FN4O2. The Balaban J connectivity index is 2.17. The second-order valence-corrected chi connectivity index (χ2v) is 8.04. The number of alkyl halides is 1. The molecule has 3 aromatic rings. The fourth-order valence-electron chi connectivity index (χ4n) is 3.19. The third-order valence-electron chi connectivity index (χ3n) is 4.50. The van der Waals surface area contributed by atoms with E-state index in [9.17, 15) is 9.18 Å². The van der Waals surface area contributed by atoms with Crippen LogP contribution in [0.5, 0.6) is 5.75 Å². The summed E-state index contributed by atoms with van der Waals surface area (Å²) in [6, 6.07) is 12.3. The topological polar surface area (TPSA) is 73.4 Å². The lowest BCUT2D eigenvalue weighted by Crippen LogP contribution is -2.18. The molecule has 0 fully saturated rings. The smallest absolute Gasteiger partial charge is 0.269 e.